The molecule has 5 N–H and O–H groups in total. The van der Waals surface area contributed by atoms with Crippen LogP contribution in [0.4, 0.5) is 11.5 Å². The minimum absolute atomic E-state index is 0.151. The molecule has 0 spiro atoms. The minimum Gasteiger partial charge on any atom is -0.399 e. The van der Waals surface area contributed by atoms with Gasteiger partial charge in [-0.05, 0) is 30.7 Å². The van der Waals surface area contributed by atoms with Crippen LogP contribution in [0, 0.1) is 0 Å². The molecular weight excluding hydrogens is 402 g/mol. The van der Waals surface area contributed by atoms with Gasteiger partial charge in [0.2, 0.25) is 5.91 Å². The topological polar surface area (TPSA) is 122 Å². The van der Waals surface area contributed by atoms with E-state index in [1.165, 1.54) is 0 Å². The highest BCUT2D eigenvalue weighted by Gasteiger charge is 2.15. The maximum absolute atomic E-state index is 12.4. The number of hydrogen-bond donors (Lipinski definition) is 4. The number of nitrogens with zero attached hydrogens (tertiary/aromatic N) is 3. The van der Waals surface area contributed by atoms with Crippen molar-refractivity contribution in [3.63, 3.8) is 0 Å². The van der Waals surface area contributed by atoms with Crippen molar-refractivity contribution in [2.24, 2.45) is 0 Å². The van der Waals surface area contributed by atoms with Gasteiger partial charge in [-0.15, -0.1) is 0 Å². The number of halogens is 1. The smallest absolute Gasteiger partial charge is 0.242 e. The third-order valence-electron chi connectivity index (χ3n) is 4.61. The summed E-state index contributed by atoms with van der Waals surface area (Å²) in [6.45, 7) is 2.18. The highest BCUT2D eigenvalue weighted by Crippen LogP contribution is 2.28. The van der Waals surface area contributed by atoms with Gasteiger partial charge in [-0.1, -0.05) is 23.7 Å². The number of amides is 1. The van der Waals surface area contributed by atoms with Gasteiger partial charge in [0.05, 0.1) is 23.1 Å². The number of nitrogens with two attached hydrogens (primary N) is 1. The summed E-state index contributed by atoms with van der Waals surface area (Å²) in [6, 6.07) is 8.69. The molecule has 0 fully saturated rings. The highest BCUT2D eigenvalue weighted by atomic mass is 35.5. The number of rotatable bonds is 6. The van der Waals surface area contributed by atoms with Crippen molar-refractivity contribution < 1.29 is 4.79 Å². The zero-order valence-corrected chi connectivity index (χ0v) is 16.9. The average Bonchev–Trinajstić information content (AvgIpc) is 3.16. The summed E-state index contributed by atoms with van der Waals surface area (Å²) in [6.07, 6.45) is 6.62. The first kappa shape index (κ1) is 19.7. The number of H-pyrrole nitrogens is 1. The normalized spacial score (nSPS) is 11.9. The Morgan fingerprint density at radius 1 is 1.23 bits per heavy atom. The molecule has 8 nitrogen and oxygen atoms in total. The van der Waals surface area contributed by atoms with E-state index >= 15 is 0 Å². The van der Waals surface area contributed by atoms with E-state index in [2.05, 4.69) is 30.6 Å². The van der Waals surface area contributed by atoms with E-state index in [1.54, 1.807) is 37.6 Å². The Labute approximate surface area is 177 Å². The summed E-state index contributed by atoms with van der Waals surface area (Å²) in [5, 5.41) is 7.37. The highest BCUT2D eigenvalue weighted by molar-refractivity contribution is 6.31. The fourth-order valence-corrected chi connectivity index (χ4v) is 3.18. The molecule has 0 unspecified atom stereocenters. The number of aromatic nitrogens is 4. The third-order valence-corrected chi connectivity index (χ3v) is 4.82. The number of pyridine rings is 1. The zero-order valence-electron chi connectivity index (χ0n) is 16.2. The molecule has 30 heavy (non-hydrogen) atoms. The molecule has 0 radical (unpaired) electrons. The second-order valence-corrected chi connectivity index (χ2v) is 7.30. The van der Waals surface area contributed by atoms with Gasteiger partial charge in [0.25, 0.3) is 0 Å². The van der Waals surface area contributed by atoms with Gasteiger partial charge in [-0.3, -0.25) is 9.78 Å². The number of aromatic amines is 1. The van der Waals surface area contributed by atoms with Crippen molar-refractivity contribution in [2.45, 2.75) is 19.5 Å². The zero-order chi connectivity index (χ0) is 21.1. The molecule has 0 saturated heterocycles. The second-order valence-electron chi connectivity index (χ2n) is 6.87. The van der Waals surface area contributed by atoms with Crippen LogP contribution < -0.4 is 16.4 Å². The van der Waals surface area contributed by atoms with E-state index in [-0.39, 0.29) is 5.91 Å². The number of carbonyl (C=O) groups excluding carboxylic acids is 1. The summed E-state index contributed by atoms with van der Waals surface area (Å²) in [4.78, 5) is 28.6. The Balaban J connectivity index is 1.45. The first-order valence-electron chi connectivity index (χ1n) is 9.33. The molecular formula is C21H20ClN7O. The molecule has 3 heterocycles. The van der Waals surface area contributed by atoms with Crippen molar-refractivity contribution in [2.75, 3.05) is 11.1 Å². The Morgan fingerprint density at radius 3 is 2.83 bits per heavy atom. The summed E-state index contributed by atoms with van der Waals surface area (Å²) in [5.74, 6) is 0.342. The number of fused-ring (bicyclic) bond motifs is 1. The van der Waals surface area contributed by atoms with Crippen LogP contribution in [0.15, 0.2) is 55.1 Å². The number of nitrogen functional groups attached to an aromatic ring is 1. The molecule has 4 aromatic rings. The Morgan fingerprint density at radius 2 is 2.03 bits per heavy atom. The third kappa shape index (κ3) is 4.33. The molecule has 0 aliphatic carbocycles. The van der Waals surface area contributed by atoms with Crippen LogP contribution in [-0.4, -0.2) is 31.9 Å². The molecule has 0 aliphatic rings. The lowest BCUT2D eigenvalue weighted by atomic mass is 10.1. The summed E-state index contributed by atoms with van der Waals surface area (Å²) in [7, 11) is 0. The Kier molecular flexibility index (Phi) is 5.49. The van der Waals surface area contributed by atoms with Crippen molar-refractivity contribution in [1.29, 1.82) is 0 Å². The van der Waals surface area contributed by atoms with Crippen molar-refractivity contribution in [1.82, 2.24) is 25.3 Å². The number of hydrogen-bond acceptors (Lipinski definition) is 6. The molecule has 9 heteroatoms. The second kappa shape index (κ2) is 8.38. The van der Waals surface area contributed by atoms with Gasteiger partial charge in [0.1, 0.15) is 17.5 Å². The molecule has 152 valence electrons. The molecule has 0 saturated carbocycles. The predicted octanol–water partition coefficient (Wildman–Crippen LogP) is 3.37. The van der Waals surface area contributed by atoms with E-state index in [1.807, 2.05) is 24.4 Å². The van der Waals surface area contributed by atoms with Gasteiger partial charge in [0, 0.05) is 35.6 Å². The van der Waals surface area contributed by atoms with Crippen LogP contribution >= 0.6 is 11.6 Å². The van der Waals surface area contributed by atoms with Gasteiger partial charge >= 0.3 is 0 Å². The first-order valence-corrected chi connectivity index (χ1v) is 9.71. The summed E-state index contributed by atoms with van der Waals surface area (Å²) in [5.41, 5.74) is 9.52. The molecule has 0 aliphatic heterocycles. The maximum atomic E-state index is 12.4. The molecule has 1 amide bonds. The Bertz CT molecular complexity index is 1190. The molecule has 4 rings (SSSR count). The average molecular weight is 422 g/mol. The van der Waals surface area contributed by atoms with Gasteiger partial charge < -0.3 is 21.4 Å². The first-order chi connectivity index (χ1) is 14.5. The van der Waals surface area contributed by atoms with Crippen molar-refractivity contribution in [3.8, 4) is 11.3 Å². The van der Waals surface area contributed by atoms with E-state index in [0.29, 0.717) is 34.4 Å². The standard InChI is InChI=1S/C21H20ClN7O/c1-12(21(30)27-7-13-2-4-15(23)5-3-13)28-19-11-24-10-18(29-19)17-9-26-20-16(17)6-14(22)8-25-20/h2-6,8-12H,7,23H2,1H3,(H,25,26)(H,27,30)(H,28,29)/t12-/m1/s1. The van der Waals surface area contributed by atoms with Crippen LogP contribution in [0.25, 0.3) is 22.3 Å². The van der Waals surface area contributed by atoms with Crippen LogP contribution in [0.1, 0.15) is 12.5 Å². The lowest BCUT2D eigenvalue weighted by Crippen LogP contribution is -2.37. The fraction of sp³-hybridized carbons (Fsp3) is 0.143. The van der Waals surface area contributed by atoms with Crippen LogP contribution in [0.2, 0.25) is 5.02 Å². The summed E-state index contributed by atoms with van der Waals surface area (Å²) >= 11 is 6.08. The number of benzene rings is 1. The lowest BCUT2D eigenvalue weighted by Gasteiger charge is -2.15. The van der Waals surface area contributed by atoms with Crippen LogP contribution in [-0.2, 0) is 11.3 Å². The van der Waals surface area contributed by atoms with E-state index in [4.69, 9.17) is 17.3 Å². The number of anilines is 2. The largest absolute Gasteiger partial charge is 0.399 e. The minimum atomic E-state index is -0.498. The van der Waals surface area contributed by atoms with E-state index < -0.39 is 6.04 Å². The molecule has 0 bridgehead atoms. The molecule has 1 atom stereocenters. The molecule has 1 aromatic carbocycles. The fourth-order valence-electron chi connectivity index (χ4n) is 3.02. The van der Waals surface area contributed by atoms with Crippen LogP contribution in [0.5, 0.6) is 0 Å². The van der Waals surface area contributed by atoms with Crippen molar-refractivity contribution >= 4 is 40.0 Å². The monoisotopic (exact) mass is 421 g/mol. The van der Waals surface area contributed by atoms with Gasteiger partial charge in [-0.2, -0.15) is 0 Å². The maximum Gasteiger partial charge on any atom is 0.242 e. The Hall–Kier alpha value is -3.65. The SMILES string of the molecule is C[C@@H](Nc1cncc(-c2c[nH]c3ncc(Cl)cc23)n1)C(=O)NCc1ccc(N)cc1. The summed E-state index contributed by atoms with van der Waals surface area (Å²) < 4.78 is 0. The predicted molar refractivity (Wildman–Crippen MR) is 118 cm³/mol. The van der Waals surface area contributed by atoms with Crippen molar-refractivity contribution in [3.05, 3.63) is 65.7 Å². The molecule has 3 aromatic heterocycles. The van der Waals surface area contributed by atoms with E-state index in [0.717, 1.165) is 16.5 Å². The number of carbonyl (C=O) groups is 1. The van der Waals surface area contributed by atoms with Gasteiger partial charge in [-0.25, -0.2) is 9.97 Å². The lowest BCUT2D eigenvalue weighted by molar-refractivity contribution is -0.121. The quantitative estimate of drug-likeness (QED) is 0.354. The van der Waals surface area contributed by atoms with E-state index in [9.17, 15) is 4.79 Å². The number of nitrogens with one attached hydrogen (secondary N) is 3. The van der Waals surface area contributed by atoms with Crippen LogP contribution in [0.3, 0.4) is 0 Å². The van der Waals surface area contributed by atoms with Gasteiger partial charge in [0.15, 0.2) is 0 Å².